The molecule has 2 rings (SSSR count). The topological polar surface area (TPSA) is 26.3 Å². The molecule has 0 fully saturated rings. The normalized spacial score (nSPS) is 10.1. The van der Waals surface area contributed by atoms with Crippen LogP contribution in [0.2, 0.25) is 0 Å². The van der Waals surface area contributed by atoms with E-state index in [9.17, 15) is 4.57 Å². The first-order valence-corrected chi connectivity index (χ1v) is 5.36. The maximum absolute atomic E-state index is 10.5. The molecule has 74 valence electrons. The van der Waals surface area contributed by atoms with Gasteiger partial charge in [0.1, 0.15) is 11.5 Å². The van der Waals surface area contributed by atoms with Gasteiger partial charge in [0.25, 0.3) is 0 Å². The zero-order chi connectivity index (χ0) is 10.5. The van der Waals surface area contributed by atoms with E-state index in [1.54, 1.807) is 24.3 Å². The molecule has 0 atom stereocenters. The average Bonchev–Trinajstić information content (AvgIpc) is 2.31. The summed E-state index contributed by atoms with van der Waals surface area (Å²) in [5.74, 6) is 1.54. The van der Waals surface area contributed by atoms with Crippen LogP contribution in [-0.4, -0.2) is 0 Å². The molecular weight excluding hydrogens is 207 g/mol. The molecule has 0 unspecified atom stereocenters. The van der Waals surface area contributed by atoms with E-state index in [0.29, 0.717) is 0 Å². The number of benzene rings is 2. The first-order chi connectivity index (χ1) is 7.38. The number of para-hydroxylation sites is 1. The Hall–Kier alpha value is -1.66. The van der Waals surface area contributed by atoms with Gasteiger partial charge in [-0.15, -0.1) is 0 Å². The summed E-state index contributed by atoms with van der Waals surface area (Å²) in [5.41, 5.74) is 0. The summed E-state index contributed by atoms with van der Waals surface area (Å²) < 4.78 is 16.1. The van der Waals surface area contributed by atoms with Gasteiger partial charge in [0, 0.05) is 5.30 Å². The minimum atomic E-state index is 0.0335. The predicted octanol–water partition coefficient (Wildman–Crippen LogP) is 3.40. The number of hydrogen-bond donors (Lipinski definition) is 0. The van der Waals surface area contributed by atoms with Gasteiger partial charge in [-0.05, 0) is 36.4 Å². The van der Waals surface area contributed by atoms with Gasteiger partial charge >= 0.3 is 0 Å². The molecule has 0 N–H and O–H groups in total. The van der Waals surface area contributed by atoms with E-state index in [4.69, 9.17) is 4.74 Å². The Morgan fingerprint density at radius 1 is 0.800 bits per heavy atom. The van der Waals surface area contributed by atoms with E-state index < -0.39 is 0 Å². The molecule has 0 aliphatic rings. The maximum atomic E-state index is 10.5. The lowest BCUT2D eigenvalue weighted by Gasteiger charge is -2.04. The van der Waals surface area contributed by atoms with Crippen LogP contribution in [0.5, 0.6) is 11.5 Å². The van der Waals surface area contributed by atoms with Crippen molar-refractivity contribution in [3.63, 3.8) is 0 Å². The lowest BCUT2D eigenvalue weighted by atomic mass is 10.3. The van der Waals surface area contributed by atoms with Crippen LogP contribution in [-0.2, 0) is 4.57 Å². The van der Waals surface area contributed by atoms with Gasteiger partial charge in [-0.2, -0.15) is 0 Å². The van der Waals surface area contributed by atoms with Crippen molar-refractivity contribution in [2.75, 3.05) is 0 Å². The molecule has 0 aliphatic heterocycles. The van der Waals surface area contributed by atoms with Gasteiger partial charge in [-0.25, -0.2) is 0 Å². The average molecular weight is 216 g/mol. The molecule has 0 radical (unpaired) electrons. The van der Waals surface area contributed by atoms with Gasteiger partial charge < -0.3 is 4.74 Å². The second kappa shape index (κ2) is 4.72. The molecule has 0 heterocycles. The van der Waals surface area contributed by atoms with Gasteiger partial charge in [-0.3, -0.25) is 4.57 Å². The minimum Gasteiger partial charge on any atom is -0.457 e. The molecular formula is C12H9O2P. The van der Waals surface area contributed by atoms with Crippen LogP contribution in [0.4, 0.5) is 0 Å². The quantitative estimate of drug-likeness (QED) is 0.735. The Morgan fingerprint density at radius 2 is 1.40 bits per heavy atom. The summed E-state index contributed by atoms with van der Waals surface area (Å²) in [5, 5.41) is 0.746. The third-order valence-electron chi connectivity index (χ3n) is 1.92. The highest BCUT2D eigenvalue weighted by Gasteiger charge is 1.96. The van der Waals surface area contributed by atoms with Crippen molar-refractivity contribution in [2.24, 2.45) is 0 Å². The lowest BCUT2D eigenvalue weighted by molar-refractivity contribution is 0.483. The van der Waals surface area contributed by atoms with E-state index in [1.165, 1.54) is 0 Å². The molecule has 2 aromatic rings. The Morgan fingerprint density at radius 3 is 2.00 bits per heavy atom. The number of rotatable bonds is 3. The monoisotopic (exact) mass is 216 g/mol. The summed E-state index contributed by atoms with van der Waals surface area (Å²) in [4.78, 5) is 0. The fourth-order valence-corrected chi connectivity index (χ4v) is 1.47. The predicted molar refractivity (Wildman–Crippen MR) is 60.2 cm³/mol. The van der Waals surface area contributed by atoms with Gasteiger partial charge in [0.15, 0.2) is 8.46 Å². The maximum Gasteiger partial charge on any atom is 0.192 e. The third-order valence-corrected chi connectivity index (χ3v) is 2.43. The summed E-state index contributed by atoms with van der Waals surface area (Å²) in [6, 6.07) is 16.7. The second-order valence-electron chi connectivity index (χ2n) is 3.00. The van der Waals surface area contributed by atoms with E-state index in [0.717, 1.165) is 16.8 Å². The fourth-order valence-electron chi connectivity index (χ4n) is 1.20. The van der Waals surface area contributed by atoms with Crippen LogP contribution in [0.1, 0.15) is 0 Å². The Bertz CT molecular complexity index is 437. The van der Waals surface area contributed by atoms with Gasteiger partial charge in [0.05, 0.1) is 0 Å². The molecule has 2 nitrogen and oxygen atoms in total. The zero-order valence-electron chi connectivity index (χ0n) is 7.96. The van der Waals surface area contributed by atoms with Crippen molar-refractivity contribution in [3.8, 4) is 11.5 Å². The van der Waals surface area contributed by atoms with E-state index >= 15 is 0 Å². The fraction of sp³-hybridized carbons (Fsp3) is 0. The molecule has 0 amide bonds. The Kier molecular flexibility index (Phi) is 3.11. The van der Waals surface area contributed by atoms with Crippen molar-refractivity contribution in [1.82, 2.24) is 0 Å². The summed E-state index contributed by atoms with van der Waals surface area (Å²) in [7, 11) is 0.0335. The highest BCUT2D eigenvalue weighted by molar-refractivity contribution is 7.34. The first kappa shape index (κ1) is 9.88. The van der Waals surface area contributed by atoms with Crippen LogP contribution >= 0.6 is 8.46 Å². The summed E-state index contributed by atoms with van der Waals surface area (Å²) >= 11 is 0. The van der Waals surface area contributed by atoms with Crippen molar-refractivity contribution < 1.29 is 9.30 Å². The third kappa shape index (κ3) is 2.64. The second-order valence-corrected chi connectivity index (χ2v) is 3.70. The van der Waals surface area contributed by atoms with Crippen LogP contribution in [0.25, 0.3) is 0 Å². The minimum absolute atomic E-state index is 0.0335. The Balaban J connectivity index is 2.15. The first-order valence-electron chi connectivity index (χ1n) is 4.55. The molecule has 0 aromatic heterocycles. The molecule has 0 saturated carbocycles. The molecule has 15 heavy (non-hydrogen) atoms. The van der Waals surface area contributed by atoms with Crippen LogP contribution < -0.4 is 10.0 Å². The SMILES string of the molecule is O=Pc1ccc(Oc2ccccc2)cc1. The van der Waals surface area contributed by atoms with E-state index in [2.05, 4.69) is 0 Å². The highest BCUT2D eigenvalue weighted by Crippen LogP contribution is 2.19. The molecule has 2 aromatic carbocycles. The molecule has 0 aliphatic carbocycles. The molecule has 0 spiro atoms. The van der Waals surface area contributed by atoms with Gasteiger partial charge in [-0.1, -0.05) is 18.2 Å². The lowest BCUT2D eigenvalue weighted by Crippen LogP contribution is -1.90. The van der Waals surface area contributed by atoms with Crippen molar-refractivity contribution in [1.29, 1.82) is 0 Å². The molecule has 3 heteroatoms. The summed E-state index contributed by atoms with van der Waals surface area (Å²) in [6.45, 7) is 0. The van der Waals surface area contributed by atoms with Crippen LogP contribution in [0, 0.1) is 0 Å². The largest absolute Gasteiger partial charge is 0.457 e. The number of ether oxygens (including phenoxy) is 1. The van der Waals surface area contributed by atoms with Gasteiger partial charge in [0.2, 0.25) is 0 Å². The summed E-state index contributed by atoms with van der Waals surface area (Å²) in [6.07, 6.45) is 0. The number of hydrogen-bond acceptors (Lipinski definition) is 2. The van der Waals surface area contributed by atoms with Crippen molar-refractivity contribution >= 4 is 13.8 Å². The highest BCUT2D eigenvalue weighted by atomic mass is 31.1. The van der Waals surface area contributed by atoms with Crippen LogP contribution in [0.3, 0.4) is 0 Å². The smallest absolute Gasteiger partial charge is 0.192 e. The Labute approximate surface area is 89.7 Å². The van der Waals surface area contributed by atoms with Crippen molar-refractivity contribution in [3.05, 3.63) is 54.6 Å². The van der Waals surface area contributed by atoms with E-state index in [-0.39, 0.29) is 8.46 Å². The van der Waals surface area contributed by atoms with Crippen LogP contribution in [0.15, 0.2) is 54.6 Å². The van der Waals surface area contributed by atoms with Crippen molar-refractivity contribution in [2.45, 2.75) is 0 Å². The zero-order valence-corrected chi connectivity index (χ0v) is 8.85. The van der Waals surface area contributed by atoms with E-state index in [1.807, 2.05) is 30.3 Å². The molecule has 0 saturated heterocycles. The molecule has 0 bridgehead atoms. The standard InChI is InChI=1S/C12H9O2P/c13-15-12-8-6-11(7-9-12)14-10-4-2-1-3-5-10/h1-9H.